The molecule has 0 fully saturated rings. The first-order chi connectivity index (χ1) is 9.44. The van der Waals surface area contributed by atoms with Crippen molar-refractivity contribution in [1.82, 2.24) is 9.97 Å². The number of hydrogen-bond donors (Lipinski definition) is 2. The van der Waals surface area contributed by atoms with Gasteiger partial charge in [-0.2, -0.15) is 13.2 Å². The van der Waals surface area contributed by atoms with E-state index >= 15 is 0 Å². The molecule has 5 nitrogen and oxygen atoms in total. The smallest absolute Gasteiger partial charge is 0.377 e. The molecule has 0 aliphatic carbocycles. The topological polar surface area (TPSA) is 59.1 Å². The molecule has 20 heavy (non-hydrogen) atoms. The maximum absolute atomic E-state index is 12.1. The number of aromatic nitrogens is 2. The maximum Gasteiger partial charge on any atom is 0.390 e. The highest BCUT2D eigenvalue weighted by Gasteiger charge is 2.26. The molecule has 8 heteroatoms. The number of rotatable bonds is 8. The van der Waals surface area contributed by atoms with Gasteiger partial charge in [-0.05, 0) is 6.42 Å². The van der Waals surface area contributed by atoms with Crippen molar-refractivity contribution in [2.24, 2.45) is 0 Å². The van der Waals surface area contributed by atoms with E-state index in [0.717, 1.165) is 13.0 Å². The number of nitrogens with one attached hydrogen (secondary N) is 2. The third-order valence-electron chi connectivity index (χ3n) is 2.32. The van der Waals surface area contributed by atoms with Gasteiger partial charge in [-0.1, -0.05) is 6.92 Å². The van der Waals surface area contributed by atoms with Crippen molar-refractivity contribution in [2.75, 3.05) is 30.8 Å². The van der Waals surface area contributed by atoms with Gasteiger partial charge in [0, 0.05) is 26.3 Å². The Morgan fingerprint density at radius 3 is 2.25 bits per heavy atom. The zero-order valence-electron chi connectivity index (χ0n) is 11.5. The summed E-state index contributed by atoms with van der Waals surface area (Å²) in [6.07, 6.45) is -4.17. The quantitative estimate of drug-likeness (QED) is 0.771. The van der Waals surface area contributed by atoms with E-state index in [-0.39, 0.29) is 13.2 Å². The number of halogens is 3. The summed E-state index contributed by atoms with van der Waals surface area (Å²) in [4.78, 5) is 8.30. The predicted molar refractivity (Wildman–Crippen MR) is 70.7 cm³/mol. The fraction of sp³-hybridized carbons (Fsp3) is 0.667. The lowest BCUT2D eigenvalue weighted by atomic mass is 10.4. The van der Waals surface area contributed by atoms with Crippen LogP contribution in [0.15, 0.2) is 6.07 Å². The summed E-state index contributed by atoms with van der Waals surface area (Å²) in [5.41, 5.74) is 0. The lowest BCUT2D eigenvalue weighted by molar-refractivity contribution is -0.131. The van der Waals surface area contributed by atoms with E-state index in [0.29, 0.717) is 17.5 Å². The van der Waals surface area contributed by atoms with E-state index in [1.54, 1.807) is 6.07 Å². The molecular formula is C12H19F3N4O. The minimum absolute atomic E-state index is 0.204. The molecular weight excluding hydrogens is 273 g/mol. The minimum atomic E-state index is -4.18. The Hall–Kier alpha value is -1.57. The SMILES string of the molecule is CCCNc1cc(NCCC(F)(F)F)nc(COC)n1. The van der Waals surface area contributed by atoms with Crippen molar-refractivity contribution in [2.45, 2.75) is 32.5 Å². The number of methoxy groups -OCH3 is 1. The lowest BCUT2D eigenvalue weighted by Crippen LogP contribution is -2.16. The molecule has 0 saturated heterocycles. The Kier molecular flexibility index (Phi) is 6.50. The highest BCUT2D eigenvalue weighted by atomic mass is 19.4. The van der Waals surface area contributed by atoms with E-state index < -0.39 is 12.6 Å². The van der Waals surface area contributed by atoms with Gasteiger partial charge < -0.3 is 15.4 Å². The van der Waals surface area contributed by atoms with Crippen LogP contribution in [0.25, 0.3) is 0 Å². The van der Waals surface area contributed by atoms with Gasteiger partial charge in [0.25, 0.3) is 0 Å². The Morgan fingerprint density at radius 1 is 1.15 bits per heavy atom. The van der Waals surface area contributed by atoms with Gasteiger partial charge in [-0.15, -0.1) is 0 Å². The zero-order valence-corrected chi connectivity index (χ0v) is 11.5. The molecule has 1 heterocycles. The highest BCUT2D eigenvalue weighted by molar-refractivity contribution is 5.47. The number of alkyl halides is 3. The molecule has 0 unspecified atom stereocenters. The Labute approximate surface area is 116 Å². The molecule has 1 aromatic heterocycles. The van der Waals surface area contributed by atoms with Crippen molar-refractivity contribution in [3.8, 4) is 0 Å². The van der Waals surface area contributed by atoms with Gasteiger partial charge in [0.05, 0.1) is 6.42 Å². The lowest BCUT2D eigenvalue weighted by Gasteiger charge is -2.11. The van der Waals surface area contributed by atoms with Crippen LogP contribution >= 0.6 is 0 Å². The molecule has 2 N–H and O–H groups in total. The van der Waals surface area contributed by atoms with E-state index in [9.17, 15) is 13.2 Å². The van der Waals surface area contributed by atoms with Gasteiger partial charge in [0.1, 0.15) is 18.2 Å². The number of ether oxygens (including phenoxy) is 1. The average molecular weight is 292 g/mol. The van der Waals surface area contributed by atoms with Crippen LogP contribution in [0.5, 0.6) is 0 Å². The van der Waals surface area contributed by atoms with Crippen LogP contribution in [0.4, 0.5) is 24.8 Å². The summed E-state index contributed by atoms with van der Waals surface area (Å²) >= 11 is 0. The number of hydrogen-bond acceptors (Lipinski definition) is 5. The van der Waals surface area contributed by atoms with Crippen LogP contribution in [0.1, 0.15) is 25.6 Å². The molecule has 0 saturated carbocycles. The summed E-state index contributed by atoms with van der Waals surface area (Å²) in [7, 11) is 1.51. The Morgan fingerprint density at radius 2 is 1.75 bits per heavy atom. The van der Waals surface area contributed by atoms with Crippen LogP contribution in [-0.4, -0.2) is 36.3 Å². The monoisotopic (exact) mass is 292 g/mol. The van der Waals surface area contributed by atoms with E-state index in [2.05, 4.69) is 20.6 Å². The second kappa shape index (κ2) is 7.88. The highest BCUT2D eigenvalue weighted by Crippen LogP contribution is 2.19. The van der Waals surface area contributed by atoms with Gasteiger partial charge in [-0.3, -0.25) is 0 Å². The first-order valence-electron chi connectivity index (χ1n) is 6.36. The average Bonchev–Trinajstić information content (AvgIpc) is 2.35. The van der Waals surface area contributed by atoms with Gasteiger partial charge >= 0.3 is 6.18 Å². The standard InChI is InChI=1S/C12H19F3N4O/c1-3-5-16-9-7-10(17-6-4-12(13,14)15)19-11(18-9)8-20-2/h7H,3-6,8H2,1-2H3,(H2,16,17,18,19). The summed E-state index contributed by atoms with van der Waals surface area (Å²) < 4.78 is 41.2. The molecule has 0 radical (unpaired) electrons. The van der Waals surface area contributed by atoms with Crippen LogP contribution in [0.3, 0.4) is 0 Å². The van der Waals surface area contributed by atoms with Crippen LogP contribution < -0.4 is 10.6 Å². The van der Waals surface area contributed by atoms with E-state index in [1.165, 1.54) is 7.11 Å². The normalized spacial score (nSPS) is 11.4. The van der Waals surface area contributed by atoms with E-state index in [1.807, 2.05) is 6.92 Å². The summed E-state index contributed by atoms with van der Waals surface area (Å²) in [5.74, 6) is 1.35. The zero-order chi connectivity index (χ0) is 15.0. The molecule has 0 aliphatic rings. The third-order valence-corrected chi connectivity index (χ3v) is 2.32. The fourth-order valence-electron chi connectivity index (χ4n) is 1.46. The van der Waals surface area contributed by atoms with Crippen molar-refractivity contribution < 1.29 is 17.9 Å². The first-order valence-corrected chi connectivity index (χ1v) is 6.36. The van der Waals surface area contributed by atoms with Crippen molar-refractivity contribution in [1.29, 1.82) is 0 Å². The van der Waals surface area contributed by atoms with Crippen molar-refractivity contribution in [3.63, 3.8) is 0 Å². The summed E-state index contributed by atoms with van der Waals surface area (Å²) in [6, 6.07) is 1.59. The Bertz CT molecular complexity index is 412. The maximum atomic E-state index is 12.1. The van der Waals surface area contributed by atoms with Crippen LogP contribution in [-0.2, 0) is 11.3 Å². The molecule has 0 spiro atoms. The predicted octanol–water partition coefficient (Wildman–Crippen LogP) is 2.81. The first kappa shape index (κ1) is 16.5. The Balaban J connectivity index is 2.69. The number of anilines is 2. The minimum Gasteiger partial charge on any atom is -0.377 e. The van der Waals surface area contributed by atoms with Crippen molar-refractivity contribution >= 4 is 11.6 Å². The molecule has 1 rings (SSSR count). The van der Waals surface area contributed by atoms with E-state index in [4.69, 9.17) is 4.74 Å². The number of nitrogens with zero attached hydrogens (tertiary/aromatic N) is 2. The molecule has 0 aliphatic heterocycles. The van der Waals surface area contributed by atoms with Crippen molar-refractivity contribution in [3.05, 3.63) is 11.9 Å². The summed E-state index contributed by atoms with van der Waals surface area (Å²) in [6.45, 7) is 2.72. The third kappa shape index (κ3) is 6.55. The second-order valence-corrected chi connectivity index (χ2v) is 4.21. The van der Waals surface area contributed by atoms with Gasteiger partial charge in [-0.25, -0.2) is 9.97 Å². The van der Waals surface area contributed by atoms with Gasteiger partial charge in [0.2, 0.25) is 0 Å². The van der Waals surface area contributed by atoms with Crippen LogP contribution in [0, 0.1) is 0 Å². The molecule has 114 valence electrons. The molecule has 0 atom stereocenters. The molecule has 0 amide bonds. The molecule has 1 aromatic rings. The fourth-order valence-corrected chi connectivity index (χ4v) is 1.46. The van der Waals surface area contributed by atoms with Gasteiger partial charge in [0.15, 0.2) is 5.82 Å². The second-order valence-electron chi connectivity index (χ2n) is 4.21. The van der Waals surface area contributed by atoms with Crippen LogP contribution in [0.2, 0.25) is 0 Å². The summed E-state index contributed by atoms with van der Waals surface area (Å²) in [5, 5.41) is 5.72. The largest absolute Gasteiger partial charge is 0.390 e. The molecule has 0 aromatic carbocycles. The molecule has 0 bridgehead atoms.